The normalized spacial score (nSPS) is 15.7. The number of carbonyl (C=O) groups excluding carboxylic acids is 1. The number of halogens is 1. The average Bonchev–Trinajstić information content (AvgIpc) is 3.19. The van der Waals surface area contributed by atoms with E-state index in [1.807, 2.05) is 41.3 Å². The van der Waals surface area contributed by atoms with E-state index in [-0.39, 0.29) is 11.9 Å². The Bertz CT molecular complexity index is 1130. The van der Waals surface area contributed by atoms with Gasteiger partial charge in [0.25, 0.3) is 5.91 Å². The molecule has 2 aromatic carbocycles. The van der Waals surface area contributed by atoms with Gasteiger partial charge in [-0.1, -0.05) is 29.8 Å². The molecule has 6 nitrogen and oxygen atoms in total. The molecule has 0 radical (unpaired) electrons. The van der Waals surface area contributed by atoms with Crippen LogP contribution in [0.25, 0.3) is 11.3 Å². The summed E-state index contributed by atoms with van der Waals surface area (Å²) >= 11 is 6.14. The molecule has 1 atom stereocenters. The van der Waals surface area contributed by atoms with Gasteiger partial charge < -0.3 is 9.64 Å². The SMILES string of the molecule is COCc1cc(Cl)ccc1-c1cc2n(n1)[C@@H](C)CN(Cc1ccc(C#N)cc1)C2=O. The van der Waals surface area contributed by atoms with Crippen molar-refractivity contribution in [2.75, 3.05) is 13.7 Å². The summed E-state index contributed by atoms with van der Waals surface area (Å²) in [5.41, 5.74) is 4.72. The number of hydrogen-bond donors (Lipinski definition) is 0. The molecule has 1 aromatic heterocycles. The van der Waals surface area contributed by atoms with Gasteiger partial charge in [-0.3, -0.25) is 9.48 Å². The Morgan fingerprint density at radius 2 is 2.00 bits per heavy atom. The van der Waals surface area contributed by atoms with Crippen LogP contribution in [0.5, 0.6) is 0 Å². The topological polar surface area (TPSA) is 71.2 Å². The number of nitrogens with zero attached hydrogens (tertiary/aromatic N) is 4. The van der Waals surface area contributed by atoms with E-state index in [1.54, 1.807) is 23.9 Å². The third-order valence-corrected chi connectivity index (χ3v) is 5.48. The number of fused-ring (bicyclic) bond motifs is 1. The smallest absolute Gasteiger partial charge is 0.272 e. The summed E-state index contributed by atoms with van der Waals surface area (Å²) < 4.78 is 7.10. The molecule has 3 aromatic rings. The summed E-state index contributed by atoms with van der Waals surface area (Å²) in [6, 6.07) is 16.9. The van der Waals surface area contributed by atoms with E-state index >= 15 is 0 Å². The van der Waals surface area contributed by atoms with Gasteiger partial charge in [-0.05, 0) is 48.4 Å². The summed E-state index contributed by atoms with van der Waals surface area (Å²) in [4.78, 5) is 15.0. The molecule has 4 rings (SSSR count). The lowest BCUT2D eigenvalue weighted by Gasteiger charge is -2.31. The minimum Gasteiger partial charge on any atom is -0.380 e. The lowest BCUT2D eigenvalue weighted by atomic mass is 10.0. The number of nitriles is 1. The van der Waals surface area contributed by atoms with Crippen molar-refractivity contribution in [3.05, 3.63) is 75.9 Å². The predicted octanol–water partition coefficient (Wildman–Crippen LogP) is 4.44. The molecule has 30 heavy (non-hydrogen) atoms. The van der Waals surface area contributed by atoms with Gasteiger partial charge in [0.15, 0.2) is 0 Å². The molecule has 0 fully saturated rings. The molecule has 1 aliphatic rings. The first-order chi connectivity index (χ1) is 14.5. The van der Waals surface area contributed by atoms with Crippen LogP contribution >= 0.6 is 11.6 Å². The maximum absolute atomic E-state index is 13.2. The molecule has 1 aliphatic heterocycles. The lowest BCUT2D eigenvalue weighted by Crippen LogP contribution is -2.41. The van der Waals surface area contributed by atoms with Crippen LogP contribution in [-0.2, 0) is 17.9 Å². The predicted molar refractivity (Wildman–Crippen MR) is 114 cm³/mol. The second-order valence-corrected chi connectivity index (χ2v) is 7.87. The molecule has 0 spiro atoms. The van der Waals surface area contributed by atoms with Gasteiger partial charge in [0.05, 0.1) is 30.0 Å². The largest absolute Gasteiger partial charge is 0.380 e. The number of aromatic nitrogens is 2. The van der Waals surface area contributed by atoms with Crippen molar-refractivity contribution in [1.29, 1.82) is 5.26 Å². The van der Waals surface area contributed by atoms with E-state index < -0.39 is 0 Å². The highest BCUT2D eigenvalue weighted by Gasteiger charge is 2.31. The first-order valence-electron chi connectivity index (χ1n) is 9.65. The van der Waals surface area contributed by atoms with E-state index in [1.165, 1.54) is 0 Å². The minimum atomic E-state index is -0.0570. The molecule has 7 heteroatoms. The van der Waals surface area contributed by atoms with Gasteiger partial charge in [-0.25, -0.2) is 0 Å². The quantitative estimate of drug-likeness (QED) is 0.611. The summed E-state index contributed by atoms with van der Waals surface area (Å²) in [5.74, 6) is -0.0570. The van der Waals surface area contributed by atoms with Crippen molar-refractivity contribution in [3.8, 4) is 17.3 Å². The fourth-order valence-corrected chi connectivity index (χ4v) is 3.99. The molecule has 0 aliphatic carbocycles. The zero-order chi connectivity index (χ0) is 21.3. The second kappa shape index (κ2) is 8.31. The number of carbonyl (C=O) groups is 1. The Kier molecular flexibility index (Phi) is 5.58. The fraction of sp³-hybridized carbons (Fsp3) is 0.261. The number of amides is 1. The standard InChI is InChI=1S/C23H21ClN4O2/c1-15-12-27(13-17-5-3-16(11-25)4-6-17)23(29)22-10-21(26-28(15)22)20-8-7-19(24)9-18(20)14-30-2/h3-10,15H,12-14H2,1-2H3/t15-/m0/s1. The van der Waals surface area contributed by atoms with Crippen molar-refractivity contribution in [2.45, 2.75) is 26.1 Å². The number of hydrogen-bond acceptors (Lipinski definition) is 4. The van der Waals surface area contributed by atoms with E-state index in [0.29, 0.717) is 36.0 Å². The Labute approximate surface area is 180 Å². The molecule has 0 N–H and O–H groups in total. The monoisotopic (exact) mass is 420 g/mol. The van der Waals surface area contributed by atoms with E-state index in [0.717, 1.165) is 22.4 Å². The summed E-state index contributed by atoms with van der Waals surface area (Å²) in [7, 11) is 1.63. The highest BCUT2D eigenvalue weighted by molar-refractivity contribution is 6.30. The molecule has 0 saturated heterocycles. The summed E-state index contributed by atoms with van der Waals surface area (Å²) in [5, 5.41) is 14.3. The van der Waals surface area contributed by atoms with Gasteiger partial charge in [-0.15, -0.1) is 0 Å². The first kappa shape index (κ1) is 20.1. The minimum absolute atomic E-state index is 0.0445. The molecule has 0 saturated carbocycles. The molecule has 1 amide bonds. The molecule has 152 valence electrons. The van der Waals surface area contributed by atoms with Gasteiger partial charge in [0, 0.05) is 30.8 Å². The average molecular weight is 421 g/mol. The first-order valence-corrected chi connectivity index (χ1v) is 10.0. The Morgan fingerprint density at radius 3 is 2.70 bits per heavy atom. The van der Waals surface area contributed by atoms with Crippen molar-refractivity contribution >= 4 is 17.5 Å². The Morgan fingerprint density at radius 1 is 1.23 bits per heavy atom. The number of ether oxygens (including phenoxy) is 1. The summed E-state index contributed by atoms with van der Waals surface area (Å²) in [6.07, 6.45) is 0. The van der Waals surface area contributed by atoms with Crippen LogP contribution < -0.4 is 0 Å². The molecular weight excluding hydrogens is 400 g/mol. The second-order valence-electron chi connectivity index (χ2n) is 7.44. The molecule has 0 unspecified atom stereocenters. The lowest BCUT2D eigenvalue weighted by molar-refractivity contribution is 0.0651. The van der Waals surface area contributed by atoms with Crippen LogP contribution in [0.2, 0.25) is 5.02 Å². The third kappa shape index (κ3) is 3.82. The molecule has 2 heterocycles. The third-order valence-electron chi connectivity index (χ3n) is 5.24. The van der Waals surface area contributed by atoms with Crippen LogP contribution in [0.3, 0.4) is 0 Å². The number of rotatable bonds is 5. The van der Waals surface area contributed by atoms with Crippen molar-refractivity contribution in [2.24, 2.45) is 0 Å². The van der Waals surface area contributed by atoms with Crippen LogP contribution in [0.4, 0.5) is 0 Å². The van der Waals surface area contributed by atoms with E-state index in [2.05, 4.69) is 13.0 Å². The molecular formula is C23H21ClN4O2. The maximum atomic E-state index is 13.2. The van der Waals surface area contributed by atoms with Gasteiger partial charge in [-0.2, -0.15) is 10.4 Å². The van der Waals surface area contributed by atoms with Gasteiger partial charge >= 0.3 is 0 Å². The van der Waals surface area contributed by atoms with Crippen molar-refractivity contribution < 1.29 is 9.53 Å². The van der Waals surface area contributed by atoms with Crippen LogP contribution in [0, 0.1) is 11.3 Å². The summed E-state index contributed by atoms with van der Waals surface area (Å²) in [6.45, 7) is 3.52. The van der Waals surface area contributed by atoms with Crippen LogP contribution in [0.15, 0.2) is 48.5 Å². The fourth-order valence-electron chi connectivity index (χ4n) is 3.79. The molecule has 0 bridgehead atoms. The Hall–Kier alpha value is -3.14. The van der Waals surface area contributed by atoms with Gasteiger partial charge in [0.1, 0.15) is 5.69 Å². The number of methoxy groups -OCH3 is 1. The zero-order valence-corrected chi connectivity index (χ0v) is 17.6. The van der Waals surface area contributed by atoms with Crippen LogP contribution in [-0.4, -0.2) is 34.2 Å². The van der Waals surface area contributed by atoms with Crippen molar-refractivity contribution in [3.63, 3.8) is 0 Å². The van der Waals surface area contributed by atoms with Crippen molar-refractivity contribution in [1.82, 2.24) is 14.7 Å². The number of benzene rings is 2. The highest BCUT2D eigenvalue weighted by Crippen LogP contribution is 2.30. The van der Waals surface area contributed by atoms with E-state index in [9.17, 15) is 4.79 Å². The highest BCUT2D eigenvalue weighted by atomic mass is 35.5. The van der Waals surface area contributed by atoms with E-state index in [4.69, 9.17) is 26.7 Å². The maximum Gasteiger partial charge on any atom is 0.272 e. The van der Waals surface area contributed by atoms with Crippen LogP contribution in [0.1, 0.15) is 40.1 Å². The Balaban J connectivity index is 1.64. The zero-order valence-electron chi connectivity index (χ0n) is 16.8. The van der Waals surface area contributed by atoms with Gasteiger partial charge in [0.2, 0.25) is 0 Å².